The van der Waals surface area contributed by atoms with Crippen molar-refractivity contribution in [1.82, 2.24) is 5.32 Å². The van der Waals surface area contributed by atoms with Crippen LogP contribution in [0.2, 0.25) is 0 Å². The molecule has 0 aliphatic heterocycles. The van der Waals surface area contributed by atoms with Crippen LogP contribution in [0.15, 0.2) is 30.3 Å². The summed E-state index contributed by atoms with van der Waals surface area (Å²) >= 11 is 0. The van der Waals surface area contributed by atoms with Crippen LogP contribution in [-0.2, 0) is 11.3 Å². The van der Waals surface area contributed by atoms with E-state index < -0.39 is 12.2 Å². The minimum absolute atomic E-state index is 0.401. The van der Waals surface area contributed by atoms with E-state index in [4.69, 9.17) is 10.00 Å². The quantitative estimate of drug-likeness (QED) is 0.816. The van der Waals surface area contributed by atoms with Gasteiger partial charge in [-0.3, -0.25) is 0 Å². The summed E-state index contributed by atoms with van der Waals surface area (Å²) in [6.45, 7) is 1.92. The Hall–Kier alpha value is -2.02. The number of carbonyl (C=O) groups excluding carboxylic acids is 1. The van der Waals surface area contributed by atoms with Crippen molar-refractivity contribution in [1.29, 1.82) is 5.26 Å². The lowest BCUT2D eigenvalue weighted by molar-refractivity contribution is 0.129. The van der Waals surface area contributed by atoms with Gasteiger partial charge in [0.05, 0.1) is 0 Å². The maximum absolute atomic E-state index is 11.1. The number of nitrogens with zero attached hydrogens (tertiary/aromatic N) is 1. The molecule has 1 rings (SSSR count). The van der Waals surface area contributed by atoms with Crippen molar-refractivity contribution in [2.45, 2.75) is 19.6 Å². The molecule has 78 valence electrons. The minimum Gasteiger partial charge on any atom is -0.431 e. The van der Waals surface area contributed by atoms with E-state index in [1.54, 1.807) is 0 Å². The van der Waals surface area contributed by atoms with Crippen LogP contribution in [0, 0.1) is 11.3 Å². The van der Waals surface area contributed by atoms with Crippen molar-refractivity contribution < 1.29 is 9.53 Å². The molecular formula is C11H12N2O2. The molecule has 0 unspecified atom stereocenters. The van der Waals surface area contributed by atoms with E-state index in [0.717, 1.165) is 5.56 Å². The van der Waals surface area contributed by atoms with Gasteiger partial charge in [-0.05, 0) is 12.5 Å². The molecule has 1 N–H and O–H groups in total. The first-order valence-corrected chi connectivity index (χ1v) is 4.60. The third kappa shape index (κ3) is 4.14. The summed E-state index contributed by atoms with van der Waals surface area (Å²) in [6, 6.07) is 11.3. The van der Waals surface area contributed by atoms with Crippen LogP contribution in [0.3, 0.4) is 0 Å². The number of amides is 1. The van der Waals surface area contributed by atoms with Crippen LogP contribution in [0.4, 0.5) is 4.79 Å². The number of hydrogen-bond donors (Lipinski definition) is 1. The van der Waals surface area contributed by atoms with E-state index in [1.165, 1.54) is 6.92 Å². The van der Waals surface area contributed by atoms with Gasteiger partial charge in [-0.25, -0.2) is 4.79 Å². The van der Waals surface area contributed by atoms with Gasteiger partial charge in [0.15, 0.2) is 6.10 Å². The molecule has 0 aliphatic rings. The number of carbonyl (C=O) groups is 1. The maximum atomic E-state index is 11.1. The monoisotopic (exact) mass is 204 g/mol. The zero-order valence-electron chi connectivity index (χ0n) is 8.43. The number of nitrogens with one attached hydrogen (secondary N) is 1. The average Bonchev–Trinajstić information content (AvgIpc) is 2.27. The van der Waals surface area contributed by atoms with Gasteiger partial charge < -0.3 is 10.1 Å². The Morgan fingerprint density at radius 2 is 2.20 bits per heavy atom. The molecule has 4 nitrogen and oxygen atoms in total. The number of nitriles is 1. The molecule has 1 aromatic carbocycles. The summed E-state index contributed by atoms with van der Waals surface area (Å²) in [4.78, 5) is 11.1. The molecule has 0 spiro atoms. The number of ether oxygens (including phenoxy) is 1. The maximum Gasteiger partial charge on any atom is 0.408 e. The highest BCUT2D eigenvalue weighted by molar-refractivity contribution is 5.67. The third-order valence-electron chi connectivity index (χ3n) is 1.75. The second-order valence-corrected chi connectivity index (χ2v) is 3.02. The van der Waals surface area contributed by atoms with Gasteiger partial charge in [0.1, 0.15) is 6.07 Å². The number of benzene rings is 1. The zero-order chi connectivity index (χ0) is 11.1. The molecule has 15 heavy (non-hydrogen) atoms. The minimum atomic E-state index is -0.722. The molecule has 0 fully saturated rings. The normalized spacial score (nSPS) is 11.2. The topological polar surface area (TPSA) is 62.1 Å². The predicted octanol–water partition coefficient (Wildman–Crippen LogP) is 1.82. The fraction of sp³-hybridized carbons (Fsp3) is 0.273. The van der Waals surface area contributed by atoms with Crippen molar-refractivity contribution in [2.24, 2.45) is 0 Å². The summed E-state index contributed by atoms with van der Waals surface area (Å²) < 4.78 is 4.71. The first-order chi connectivity index (χ1) is 7.22. The second kappa shape index (κ2) is 5.66. The lowest BCUT2D eigenvalue weighted by Gasteiger charge is -2.07. The first-order valence-electron chi connectivity index (χ1n) is 4.60. The van der Waals surface area contributed by atoms with Gasteiger partial charge in [-0.2, -0.15) is 5.26 Å². The molecule has 1 amide bonds. The smallest absolute Gasteiger partial charge is 0.408 e. The highest BCUT2D eigenvalue weighted by Crippen LogP contribution is 1.97. The lowest BCUT2D eigenvalue weighted by atomic mass is 10.2. The van der Waals surface area contributed by atoms with Gasteiger partial charge >= 0.3 is 6.09 Å². The van der Waals surface area contributed by atoms with Crippen molar-refractivity contribution in [3.05, 3.63) is 35.9 Å². The Bertz CT molecular complexity index is 357. The zero-order valence-corrected chi connectivity index (χ0v) is 8.43. The second-order valence-electron chi connectivity index (χ2n) is 3.02. The Balaban J connectivity index is 2.32. The molecular weight excluding hydrogens is 192 g/mol. The van der Waals surface area contributed by atoms with E-state index >= 15 is 0 Å². The van der Waals surface area contributed by atoms with Gasteiger partial charge in [0, 0.05) is 6.54 Å². The third-order valence-corrected chi connectivity index (χ3v) is 1.75. The molecule has 0 aromatic heterocycles. The predicted molar refractivity (Wildman–Crippen MR) is 54.8 cm³/mol. The Morgan fingerprint density at radius 3 is 2.80 bits per heavy atom. The molecule has 0 saturated carbocycles. The molecule has 4 heteroatoms. The molecule has 0 aliphatic carbocycles. The Morgan fingerprint density at radius 1 is 1.53 bits per heavy atom. The standard InChI is InChI=1S/C11H12N2O2/c1-9(7-12)15-11(14)13-8-10-5-3-2-4-6-10/h2-6,9H,8H2,1H3,(H,13,14)/t9-/m1/s1. The van der Waals surface area contributed by atoms with Crippen LogP contribution < -0.4 is 5.32 Å². The van der Waals surface area contributed by atoms with E-state index in [0.29, 0.717) is 6.54 Å². The van der Waals surface area contributed by atoms with Crippen molar-refractivity contribution >= 4 is 6.09 Å². The van der Waals surface area contributed by atoms with Gasteiger partial charge in [-0.15, -0.1) is 0 Å². The van der Waals surface area contributed by atoms with E-state index in [1.807, 2.05) is 36.4 Å². The van der Waals surface area contributed by atoms with Crippen molar-refractivity contribution in [3.8, 4) is 6.07 Å². The summed E-state index contributed by atoms with van der Waals surface area (Å²) in [5.41, 5.74) is 0.985. The van der Waals surface area contributed by atoms with Gasteiger partial charge in [-0.1, -0.05) is 30.3 Å². The Labute approximate surface area is 88.5 Å². The fourth-order valence-electron chi connectivity index (χ4n) is 0.999. The van der Waals surface area contributed by atoms with E-state index in [-0.39, 0.29) is 0 Å². The summed E-state index contributed by atoms with van der Waals surface area (Å²) in [5, 5.41) is 11.0. The SMILES string of the molecule is C[C@H](C#N)OC(=O)NCc1ccccc1. The summed E-state index contributed by atoms with van der Waals surface area (Å²) in [5.74, 6) is 0. The molecule has 1 atom stereocenters. The Kier molecular flexibility index (Phi) is 4.17. The summed E-state index contributed by atoms with van der Waals surface area (Å²) in [6.07, 6.45) is -1.30. The van der Waals surface area contributed by atoms with Crippen molar-refractivity contribution in [3.63, 3.8) is 0 Å². The highest BCUT2D eigenvalue weighted by atomic mass is 16.6. The largest absolute Gasteiger partial charge is 0.431 e. The van der Waals surface area contributed by atoms with Gasteiger partial charge in [0.2, 0.25) is 0 Å². The fourth-order valence-corrected chi connectivity index (χ4v) is 0.999. The van der Waals surface area contributed by atoms with Crippen LogP contribution in [-0.4, -0.2) is 12.2 Å². The number of alkyl carbamates (subject to hydrolysis) is 1. The summed E-state index contributed by atoms with van der Waals surface area (Å²) in [7, 11) is 0. The molecule has 0 heterocycles. The van der Waals surface area contributed by atoms with Gasteiger partial charge in [0.25, 0.3) is 0 Å². The number of rotatable bonds is 3. The van der Waals surface area contributed by atoms with Crippen molar-refractivity contribution in [2.75, 3.05) is 0 Å². The van der Waals surface area contributed by atoms with E-state index in [2.05, 4.69) is 5.32 Å². The molecule has 0 radical (unpaired) electrons. The number of hydrogen-bond acceptors (Lipinski definition) is 3. The average molecular weight is 204 g/mol. The molecule has 0 saturated heterocycles. The van der Waals surface area contributed by atoms with Crippen LogP contribution in [0.1, 0.15) is 12.5 Å². The molecule has 0 bridgehead atoms. The lowest BCUT2D eigenvalue weighted by Crippen LogP contribution is -2.26. The highest BCUT2D eigenvalue weighted by Gasteiger charge is 2.06. The van der Waals surface area contributed by atoms with Crippen LogP contribution in [0.25, 0.3) is 0 Å². The van der Waals surface area contributed by atoms with Crippen LogP contribution in [0.5, 0.6) is 0 Å². The molecule has 1 aromatic rings. The van der Waals surface area contributed by atoms with E-state index in [9.17, 15) is 4.79 Å². The van der Waals surface area contributed by atoms with Crippen LogP contribution >= 0.6 is 0 Å². The first kappa shape index (κ1) is 11.1.